The highest BCUT2D eigenvalue weighted by Gasteiger charge is 2.64. The van der Waals surface area contributed by atoms with Crippen LogP contribution in [-0.2, 0) is 20.8 Å². The average molecular weight is 574 g/mol. The van der Waals surface area contributed by atoms with Gasteiger partial charge in [-0.05, 0) is 56.6 Å². The normalized spacial score (nSPS) is 25.5. The second-order valence-electron chi connectivity index (χ2n) is 11.6. The Morgan fingerprint density at radius 1 is 1.12 bits per heavy atom. The molecule has 0 unspecified atom stereocenters. The zero-order valence-electron chi connectivity index (χ0n) is 23.5. The van der Waals surface area contributed by atoms with Crippen molar-refractivity contribution in [1.29, 1.82) is 0 Å². The SMILES string of the molecule is CN(C)c1cc(-c2nc3ccccc3[nH]2)c(O)c2c1C[C@H]1C[C@H]3[C@H](N(C)C)C(=O)C(C(N)=O)=C(O)[C@@]3(O)C(=O)C1=C2O. The molecule has 0 spiro atoms. The van der Waals surface area contributed by atoms with Gasteiger partial charge in [-0.25, -0.2) is 4.98 Å². The number of benzene rings is 2. The summed E-state index contributed by atoms with van der Waals surface area (Å²) in [6.45, 7) is 0. The molecule has 6 rings (SSSR count). The smallest absolute Gasteiger partial charge is 0.255 e. The maximum Gasteiger partial charge on any atom is 0.255 e. The first-order valence-electron chi connectivity index (χ1n) is 13.4. The van der Waals surface area contributed by atoms with Gasteiger partial charge in [0.1, 0.15) is 28.7 Å². The van der Waals surface area contributed by atoms with Gasteiger partial charge < -0.3 is 36.0 Å². The summed E-state index contributed by atoms with van der Waals surface area (Å²) in [5.74, 6) is -6.56. The first kappa shape index (κ1) is 27.5. The van der Waals surface area contributed by atoms with Gasteiger partial charge in [0.15, 0.2) is 11.4 Å². The molecule has 0 saturated heterocycles. The van der Waals surface area contributed by atoms with Gasteiger partial charge in [-0.2, -0.15) is 0 Å². The highest BCUT2D eigenvalue weighted by molar-refractivity contribution is 6.24. The lowest BCUT2D eigenvalue weighted by molar-refractivity contribution is -0.153. The number of imidazole rings is 1. The largest absolute Gasteiger partial charge is 0.508 e. The molecule has 2 aromatic carbocycles. The van der Waals surface area contributed by atoms with Crippen LogP contribution in [0.2, 0.25) is 0 Å². The molecular weight excluding hydrogens is 542 g/mol. The van der Waals surface area contributed by atoms with E-state index in [-0.39, 0.29) is 35.3 Å². The maximum atomic E-state index is 14.1. The first-order chi connectivity index (χ1) is 19.8. The molecule has 0 radical (unpaired) electrons. The van der Waals surface area contributed by atoms with E-state index >= 15 is 0 Å². The van der Waals surface area contributed by atoms with Crippen molar-refractivity contribution >= 4 is 40.0 Å². The van der Waals surface area contributed by atoms with Crippen LogP contribution in [0.5, 0.6) is 5.75 Å². The number of ketones is 2. The Hall–Kier alpha value is -4.68. The van der Waals surface area contributed by atoms with Crippen LogP contribution in [0.1, 0.15) is 17.5 Å². The predicted octanol–water partition coefficient (Wildman–Crippen LogP) is 1.57. The van der Waals surface area contributed by atoms with Crippen molar-refractivity contribution in [3.63, 3.8) is 0 Å². The highest BCUT2D eigenvalue weighted by atomic mass is 16.3. The number of amides is 1. The second kappa shape index (κ2) is 9.16. The summed E-state index contributed by atoms with van der Waals surface area (Å²) in [5, 5.41) is 46.1. The number of Topliss-reactive ketones (excluding diaryl/α,β-unsaturated/α-hetero) is 2. The number of phenols is 1. The van der Waals surface area contributed by atoms with Crippen molar-refractivity contribution in [3.05, 3.63) is 58.4 Å². The van der Waals surface area contributed by atoms with Crippen molar-refractivity contribution in [2.75, 3.05) is 33.1 Å². The number of nitrogens with zero attached hydrogens (tertiary/aromatic N) is 3. The van der Waals surface area contributed by atoms with E-state index in [2.05, 4.69) is 9.97 Å². The number of aromatic amines is 1. The summed E-state index contributed by atoms with van der Waals surface area (Å²) in [6.07, 6.45) is 0.209. The monoisotopic (exact) mass is 573 g/mol. The Labute approximate surface area is 240 Å². The van der Waals surface area contributed by atoms with Crippen LogP contribution >= 0.6 is 0 Å². The molecule has 0 aliphatic heterocycles. The Morgan fingerprint density at radius 2 is 1.81 bits per heavy atom. The minimum atomic E-state index is -2.69. The second-order valence-corrected chi connectivity index (χ2v) is 11.6. The summed E-state index contributed by atoms with van der Waals surface area (Å²) in [5.41, 5.74) is 4.60. The van der Waals surface area contributed by atoms with E-state index in [0.29, 0.717) is 22.6 Å². The van der Waals surface area contributed by atoms with E-state index in [1.54, 1.807) is 20.2 Å². The van der Waals surface area contributed by atoms with Crippen LogP contribution < -0.4 is 10.6 Å². The van der Waals surface area contributed by atoms with Crippen LogP contribution in [-0.4, -0.2) is 92.6 Å². The minimum absolute atomic E-state index is 0.00736. The number of anilines is 1. The molecule has 1 saturated carbocycles. The van der Waals surface area contributed by atoms with Gasteiger partial charge in [0.25, 0.3) is 5.91 Å². The Kier molecular flexibility index (Phi) is 6.00. The fraction of sp³-hybridized carbons (Fsp3) is 0.333. The standard InChI is InChI=1S/C30H31N5O7/c1-34(2)18-11-14(29-32-16-7-5-6-8-17(16)33-29)23(36)20-13(18)9-12-10-15-22(35(3)4)25(38)21(28(31)41)27(40)30(15,42)26(39)19(12)24(20)37/h5-8,11-12,15,22,36-37,40,42H,9-10H2,1-4H3,(H2,31,41)(H,32,33)/t12-,15-,22-,30-/m0/s1. The summed E-state index contributed by atoms with van der Waals surface area (Å²) in [6, 6.07) is 7.95. The van der Waals surface area contributed by atoms with Gasteiger partial charge in [0.2, 0.25) is 5.78 Å². The van der Waals surface area contributed by atoms with Crippen LogP contribution in [0, 0.1) is 11.8 Å². The third-order valence-electron chi connectivity index (χ3n) is 8.82. The van der Waals surface area contributed by atoms with Crippen LogP contribution in [0.4, 0.5) is 5.69 Å². The van der Waals surface area contributed by atoms with Gasteiger partial charge in [0.05, 0.1) is 28.2 Å². The molecule has 218 valence electrons. The van der Waals surface area contributed by atoms with E-state index < -0.39 is 58.0 Å². The summed E-state index contributed by atoms with van der Waals surface area (Å²) in [7, 11) is 6.75. The Balaban J connectivity index is 1.59. The number of likely N-dealkylation sites (N-methyl/N-ethyl adjacent to an activating group) is 1. The van der Waals surface area contributed by atoms with Crippen LogP contribution in [0.15, 0.2) is 47.2 Å². The van der Waals surface area contributed by atoms with Crippen molar-refractivity contribution in [3.8, 4) is 17.1 Å². The molecule has 4 atom stereocenters. The zero-order chi connectivity index (χ0) is 30.4. The van der Waals surface area contributed by atoms with E-state index in [0.717, 1.165) is 5.52 Å². The zero-order valence-corrected chi connectivity index (χ0v) is 23.5. The molecule has 12 heteroatoms. The van der Waals surface area contributed by atoms with Crippen molar-refractivity contribution in [2.24, 2.45) is 17.6 Å². The Bertz CT molecular complexity index is 1750. The van der Waals surface area contributed by atoms with E-state index in [1.165, 1.54) is 4.90 Å². The molecule has 1 aromatic heterocycles. The maximum absolute atomic E-state index is 14.1. The van der Waals surface area contributed by atoms with Gasteiger partial charge in [-0.15, -0.1) is 0 Å². The van der Waals surface area contributed by atoms with E-state index in [1.807, 2.05) is 43.3 Å². The van der Waals surface area contributed by atoms with Crippen LogP contribution in [0.3, 0.4) is 0 Å². The van der Waals surface area contributed by atoms with Gasteiger partial charge in [0, 0.05) is 31.3 Å². The number of rotatable bonds is 4. The highest BCUT2D eigenvalue weighted by Crippen LogP contribution is 2.54. The number of hydrogen-bond acceptors (Lipinski definition) is 10. The number of phenolic OH excluding ortho intramolecular Hbond substituents is 1. The van der Waals surface area contributed by atoms with E-state index in [9.17, 15) is 34.8 Å². The third kappa shape index (κ3) is 3.55. The fourth-order valence-electron chi connectivity index (χ4n) is 6.95. The lowest BCUT2D eigenvalue weighted by Gasteiger charge is -2.50. The lowest BCUT2D eigenvalue weighted by atomic mass is 9.57. The number of carbonyl (C=O) groups excluding carboxylic acids is 3. The number of aliphatic hydroxyl groups excluding tert-OH is 2. The summed E-state index contributed by atoms with van der Waals surface area (Å²) < 4.78 is 0. The fourth-order valence-corrected chi connectivity index (χ4v) is 6.95. The molecule has 3 aromatic rings. The predicted molar refractivity (Wildman–Crippen MR) is 154 cm³/mol. The molecule has 0 bridgehead atoms. The molecule has 1 fully saturated rings. The van der Waals surface area contributed by atoms with E-state index in [4.69, 9.17) is 5.73 Å². The number of H-pyrrole nitrogens is 1. The number of carbonyl (C=O) groups is 3. The quantitative estimate of drug-likeness (QED) is 0.250. The summed E-state index contributed by atoms with van der Waals surface area (Å²) >= 11 is 0. The third-order valence-corrected chi connectivity index (χ3v) is 8.82. The first-order valence-corrected chi connectivity index (χ1v) is 13.4. The molecule has 1 amide bonds. The number of aromatic nitrogens is 2. The molecule has 7 N–H and O–H groups in total. The lowest BCUT2D eigenvalue weighted by Crippen LogP contribution is -2.65. The molecular formula is C30H31N5O7. The van der Waals surface area contributed by atoms with Gasteiger partial charge in [-0.1, -0.05) is 12.1 Å². The Morgan fingerprint density at radius 3 is 2.43 bits per heavy atom. The number of hydrogen-bond donors (Lipinski definition) is 6. The number of aliphatic hydroxyl groups is 3. The average Bonchev–Trinajstić information content (AvgIpc) is 3.34. The van der Waals surface area contributed by atoms with Crippen molar-refractivity contribution < 1.29 is 34.8 Å². The topological polar surface area (TPSA) is 193 Å². The molecule has 3 aliphatic rings. The number of nitrogens with one attached hydrogen (secondary N) is 1. The summed E-state index contributed by atoms with van der Waals surface area (Å²) in [4.78, 5) is 50.7. The molecule has 3 aliphatic carbocycles. The molecule has 1 heterocycles. The number of primary amides is 1. The van der Waals surface area contributed by atoms with Gasteiger partial charge in [-0.3, -0.25) is 19.3 Å². The van der Waals surface area contributed by atoms with Crippen molar-refractivity contribution in [2.45, 2.75) is 24.5 Å². The van der Waals surface area contributed by atoms with Gasteiger partial charge >= 0.3 is 0 Å². The van der Waals surface area contributed by atoms with Crippen molar-refractivity contribution in [1.82, 2.24) is 14.9 Å². The number of nitrogens with two attached hydrogens (primary N) is 1. The number of aromatic hydroxyl groups is 1. The number of para-hydroxylation sites is 2. The molecule has 42 heavy (non-hydrogen) atoms. The molecule has 12 nitrogen and oxygen atoms in total. The minimum Gasteiger partial charge on any atom is -0.508 e. The number of fused-ring (bicyclic) bond motifs is 4. The van der Waals surface area contributed by atoms with Crippen LogP contribution in [0.25, 0.3) is 28.2 Å².